The summed E-state index contributed by atoms with van der Waals surface area (Å²) in [5, 5.41) is 9.46. The first-order valence-corrected chi connectivity index (χ1v) is 4.73. The van der Waals surface area contributed by atoms with Crippen molar-refractivity contribution < 1.29 is 9.84 Å². The zero-order valence-electron chi connectivity index (χ0n) is 7.59. The summed E-state index contributed by atoms with van der Waals surface area (Å²) in [6.07, 6.45) is 2.13. The third kappa shape index (κ3) is 3.15. The maximum absolute atomic E-state index is 9.13. The number of phenols is 1. The van der Waals surface area contributed by atoms with Gasteiger partial charge >= 0.3 is 0 Å². The van der Waals surface area contributed by atoms with Gasteiger partial charge in [0, 0.05) is 6.07 Å². The fourth-order valence-electron chi connectivity index (χ4n) is 0.912. The van der Waals surface area contributed by atoms with Crippen molar-refractivity contribution in [2.24, 2.45) is 0 Å². The van der Waals surface area contributed by atoms with E-state index in [1.165, 1.54) is 6.07 Å². The maximum atomic E-state index is 9.13. The lowest BCUT2D eigenvalue weighted by atomic mass is 10.3. The topological polar surface area (TPSA) is 29.5 Å². The van der Waals surface area contributed by atoms with Crippen molar-refractivity contribution >= 4 is 11.6 Å². The van der Waals surface area contributed by atoms with Crippen LogP contribution >= 0.6 is 11.6 Å². The molecule has 0 aromatic heterocycles. The minimum Gasteiger partial charge on any atom is -0.506 e. The first kappa shape index (κ1) is 10.2. The van der Waals surface area contributed by atoms with Crippen LogP contribution in [0.25, 0.3) is 0 Å². The van der Waals surface area contributed by atoms with Gasteiger partial charge in [-0.05, 0) is 18.6 Å². The van der Waals surface area contributed by atoms with E-state index in [2.05, 4.69) is 6.92 Å². The summed E-state index contributed by atoms with van der Waals surface area (Å²) in [6, 6.07) is 4.85. The summed E-state index contributed by atoms with van der Waals surface area (Å²) in [5.41, 5.74) is 0. The Hall–Kier alpha value is -0.890. The number of phenolic OH excluding ortho intramolecular Hbond substituents is 1. The highest BCUT2D eigenvalue weighted by Crippen LogP contribution is 2.27. The smallest absolute Gasteiger partial charge is 0.134 e. The summed E-state index contributed by atoms with van der Waals surface area (Å²) in [6.45, 7) is 2.80. The van der Waals surface area contributed by atoms with E-state index in [1.54, 1.807) is 12.1 Å². The van der Waals surface area contributed by atoms with Crippen LogP contribution in [0.3, 0.4) is 0 Å². The van der Waals surface area contributed by atoms with Gasteiger partial charge in [-0.25, -0.2) is 0 Å². The SMILES string of the molecule is CCCCOc1ccc(O)c(Cl)c1. The third-order valence-electron chi connectivity index (χ3n) is 1.69. The van der Waals surface area contributed by atoms with E-state index in [1.807, 2.05) is 0 Å². The summed E-state index contributed by atoms with van der Waals surface area (Å²) in [7, 11) is 0. The standard InChI is InChI=1S/C10H13ClO2/c1-2-3-6-13-8-4-5-10(12)9(11)7-8/h4-5,7,12H,2-3,6H2,1H3. The molecule has 0 fully saturated rings. The van der Waals surface area contributed by atoms with Gasteiger partial charge in [0.2, 0.25) is 0 Å². The highest BCUT2D eigenvalue weighted by molar-refractivity contribution is 6.32. The molecular formula is C10H13ClO2. The van der Waals surface area contributed by atoms with Crippen molar-refractivity contribution in [1.29, 1.82) is 0 Å². The minimum absolute atomic E-state index is 0.0875. The zero-order chi connectivity index (χ0) is 9.68. The normalized spacial score (nSPS) is 10.0. The Labute approximate surface area is 83.1 Å². The second kappa shape index (κ2) is 4.97. The van der Waals surface area contributed by atoms with Gasteiger partial charge in [-0.15, -0.1) is 0 Å². The largest absolute Gasteiger partial charge is 0.506 e. The minimum atomic E-state index is 0.0875. The van der Waals surface area contributed by atoms with Gasteiger partial charge in [0.05, 0.1) is 11.6 Å². The molecule has 0 bridgehead atoms. The summed E-state index contributed by atoms with van der Waals surface area (Å²) < 4.78 is 5.39. The monoisotopic (exact) mass is 200 g/mol. The Balaban J connectivity index is 2.53. The number of hydrogen-bond donors (Lipinski definition) is 1. The quantitative estimate of drug-likeness (QED) is 0.757. The van der Waals surface area contributed by atoms with E-state index in [4.69, 9.17) is 21.4 Å². The second-order valence-corrected chi connectivity index (χ2v) is 3.22. The average molecular weight is 201 g/mol. The van der Waals surface area contributed by atoms with Crippen LogP contribution in [-0.4, -0.2) is 11.7 Å². The van der Waals surface area contributed by atoms with Crippen LogP contribution in [0.1, 0.15) is 19.8 Å². The highest BCUT2D eigenvalue weighted by atomic mass is 35.5. The third-order valence-corrected chi connectivity index (χ3v) is 1.99. The van der Waals surface area contributed by atoms with Crippen LogP contribution in [-0.2, 0) is 0 Å². The summed E-state index contributed by atoms with van der Waals surface area (Å²) in [5.74, 6) is 0.792. The number of ether oxygens (including phenoxy) is 1. The van der Waals surface area contributed by atoms with Crippen LogP contribution in [0.2, 0.25) is 5.02 Å². The molecule has 1 aromatic rings. The van der Waals surface area contributed by atoms with Crippen molar-refractivity contribution in [3.63, 3.8) is 0 Å². The molecule has 1 rings (SSSR count). The molecule has 0 saturated carbocycles. The molecule has 0 amide bonds. The number of rotatable bonds is 4. The lowest BCUT2D eigenvalue weighted by molar-refractivity contribution is 0.309. The molecule has 3 heteroatoms. The Kier molecular flexibility index (Phi) is 3.90. The molecule has 0 aliphatic carbocycles. The fourth-order valence-corrected chi connectivity index (χ4v) is 1.08. The lowest BCUT2D eigenvalue weighted by Crippen LogP contribution is -1.95. The van der Waals surface area contributed by atoms with Crippen LogP contribution < -0.4 is 4.74 Å². The van der Waals surface area contributed by atoms with Crippen LogP contribution in [0.15, 0.2) is 18.2 Å². The first-order chi connectivity index (χ1) is 6.24. The van der Waals surface area contributed by atoms with E-state index in [9.17, 15) is 0 Å². The Morgan fingerprint density at radius 2 is 2.23 bits per heavy atom. The van der Waals surface area contributed by atoms with Crippen molar-refractivity contribution in [2.75, 3.05) is 6.61 Å². The van der Waals surface area contributed by atoms with Crippen molar-refractivity contribution in [1.82, 2.24) is 0 Å². The fraction of sp³-hybridized carbons (Fsp3) is 0.400. The van der Waals surface area contributed by atoms with Crippen LogP contribution in [0.4, 0.5) is 0 Å². The zero-order valence-corrected chi connectivity index (χ0v) is 8.34. The van der Waals surface area contributed by atoms with Crippen LogP contribution in [0, 0.1) is 0 Å². The van der Waals surface area contributed by atoms with Gasteiger partial charge in [-0.1, -0.05) is 24.9 Å². The molecule has 0 atom stereocenters. The van der Waals surface area contributed by atoms with E-state index in [0.29, 0.717) is 17.4 Å². The van der Waals surface area contributed by atoms with E-state index < -0.39 is 0 Å². The van der Waals surface area contributed by atoms with E-state index in [0.717, 1.165) is 12.8 Å². The lowest BCUT2D eigenvalue weighted by Gasteiger charge is -2.05. The molecule has 0 saturated heterocycles. The molecular weight excluding hydrogens is 188 g/mol. The van der Waals surface area contributed by atoms with Gasteiger partial charge < -0.3 is 9.84 Å². The molecule has 0 radical (unpaired) electrons. The van der Waals surface area contributed by atoms with Crippen molar-refractivity contribution in [2.45, 2.75) is 19.8 Å². The van der Waals surface area contributed by atoms with Gasteiger partial charge in [0.25, 0.3) is 0 Å². The summed E-state index contributed by atoms with van der Waals surface area (Å²) >= 11 is 5.70. The maximum Gasteiger partial charge on any atom is 0.134 e. The number of unbranched alkanes of at least 4 members (excludes halogenated alkanes) is 1. The van der Waals surface area contributed by atoms with Gasteiger partial charge in [0.15, 0.2) is 0 Å². The highest BCUT2D eigenvalue weighted by Gasteiger charge is 1.99. The predicted octanol–water partition coefficient (Wildman–Crippen LogP) is 3.22. The molecule has 0 spiro atoms. The molecule has 2 nitrogen and oxygen atoms in total. The number of benzene rings is 1. The number of aromatic hydroxyl groups is 1. The van der Waals surface area contributed by atoms with Gasteiger partial charge in [0.1, 0.15) is 11.5 Å². The molecule has 0 unspecified atom stereocenters. The molecule has 1 aromatic carbocycles. The molecule has 0 aliphatic heterocycles. The van der Waals surface area contributed by atoms with Crippen molar-refractivity contribution in [3.8, 4) is 11.5 Å². The number of hydrogen-bond acceptors (Lipinski definition) is 2. The molecule has 1 N–H and O–H groups in total. The Morgan fingerprint density at radius 3 is 2.85 bits per heavy atom. The first-order valence-electron chi connectivity index (χ1n) is 4.35. The van der Waals surface area contributed by atoms with E-state index in [-0.39, 0.29) is 5.75 Å². The molecule has 0 aliphatic rings. The predicted molar refractivity (Wildman–Crippen MR) is 53.5 cm³/mol. The molecule has 0 heterocycles. The van der Waals surface area contributed by atoms with Crippen molar-refractivity contribution in [3.05, 3.63) is 23.2 Å². The number of halogens is 1. The van der Waals surface area contributed by atoms with Gasteiger partial charge in [-0.3, -0.25) is 0 Å². The molecule has 72 valence electrons. The molecule has 13 heavy (non-hydrogen) atoms. The Morgan fingerprint density at radius 1 is 1.46 bits per heavy atom. The summed E-state index contributed by atoms with van der Waals surface area (Å²) in [4.78, 5) is 0. The second-order valence-electron chi connectivity index (χ2n) is 2.82. The van der Waals surface area contributed by atoms with Gasteiger partial charge in [-0.2, -0.15) is 0 Å². The average Bonchev–Trinajstić information content (AvgIpc) is 2.12. The van der Waals surface area contributed by atoms with Crippen LogP contribution in [0.5, 0.6) is 11.5 Å². The van der Waals surface area contributed by atoms with E-state index >= 15 is 0 Å². The Bertz CT molecular complexity index is 274.